The van der Waals surface area contributed by atoms with E-state index in [4.69, 9.17) is 0 Å². The number of halogens is 2. The van der Waals surface area contributed by atoms with E-state index >= 15 is 0 Å². The monoisotopic (exact) mass is 331 g/mol. The predicted molar refractivity (Wildman–Crippen MR) is 81.0 cm³/mol. The van der Waals surface area contributed by atoms with E-state index in [0.717, 1.165) is 0 Å². The Kier molecular flexibility index (Phi) is 6.28. The van der Waals surface area contributed by atoms with Crippen LogP contribution in [0, 0.1) is 0 Å². The van der Waals surface area contributed by atoms with Crippen molar-refractivity contribution in [2.24, 2.45) is 0 Å². The van der Waals surface area contributed by atoms with Crippen LogP contribution in [0.3, 0.4) is 0 Å². The highest BCUT2D eigenvalue weighted by atomic mass is 32.2. The van der Waals surface area contributed by atoms with Crippen molar-refractivity contribution in [1.82, 2.24) is 15.2 Å². The summed E-state index contributed by atoms with van der Waals surface area (Å²) in [6.07, 6.45) is 1.34. The van der Waals surface area contributed by atoms with Crippen LogP contribution < -0.4 is 5.32 Å². The molecule has 0 aliphatic heterocycles. The van der Waals surface area contributed by atoms with E-state index in [9.17, 15) is 18.4 Å². The fourth-order valence-electron chi connectivity index (χ4n) is 1.68. The summed E-state index contributed by atoms with van der Waals surface area (Å²) in [5.74, 6) is -3.52. The molecule has 1 N–H and O–H groups in total. The number of carbonyl (C=O) groups excluding carboxylic acids is 2. The lowest BCUT2D eigenvalue weighted by Gasteiger charge is -2.23. The minimum atomic E-state index is -2.67. The summed E-state index contributed by atoms with van der Waals surface area (Å²) in [5.41, 5.74) is -0.356. The highest BCUT2D eigenvalue weighted by Crippen LogP contribution is 2.26. The summed E-state index contributed by atoms with van der Waals surface area (Å²) in [6.45, 7) is 5.31. The van der Waals surface area contributed by atoms with Gasteiger partial charge in [-0.2, -0.15) is 8.78 Å². The number of aromatic nitrogens is 1. The second-order valence-electron chi connectivity index (χ2n) is 5.69. The number of rotatable bonds is 5. The first-order valence-electron chi connectivity index (χ1n) is 6.56. The lowest BCUT2D eigenvalue weighted by molar-refractivity contribution is -0.122. The Balaban J connectivity index is 2.81. The Hall–Kier alpha value is -1.70. The Bertz CT molecular complexity index is 547. The van der Waals surface area contributed by atoms with E-state index in [2.05, 4.69) is 10.3 Å². The minimum absolute atomic E-state index is 0.0504. The third-order valence-electron chi connectivity index (χ3n) is 2.44. The van der Waals surface area contributed by atoms with Crippen molar-refractivity contribution in [3.05, 3.63) is 23.9 Å². The van der Waals surface area contributed by atoms with Gasteiger partial charge in [-0.25, -0.2) is 4.98 Å². The summed E-state index contributed by atoms with van der Waals surface area (Å²) < 4.78 is 25.0. The zero-order valence-corrected chi connectivity index (χ0v) is 13.7. The third-order valence-corrected chi connectivity index (χ3v) is 3.17. The number of nitrogens with one attached hydrogen (secondary N) is 1. The largest absolute Gasteiger partial charge is 0.350 e. The number of nitrogens with zero attached hydrogens (tertiary/aromatic N) is 2. The van der Waals surface area contributed by atoms with Gasteiger partial charge in [0.2, 0.25) is 5.91 Å². The third kappa shape index (κ3) is 5.97. The zero-order valence-electron chi connectivity index (χ0n) is 12.9. The zero-order chi connectivity index (χ0) is 16.9. The maximum absolute atomic E-state index is 12.5. The molecule has 0 spiro atoms. The predicted octanol–water partition coefficient (Wildman–Crippen LogP) is 2.38. The van der Waals surface area contributed by atoms with Gasteiger partial charge < -0.3 is 10.2 Å². The summed E-state index contributed by atoms with van der Waals surface area (Å²) in [7, 11) is 1.44. The quantitative estimate of drug-likeness (QED) is 0.842. The lowest BCUT2D eigenvalue weighted by Crippen LogP contribution is -2.46. The van der Waals surface area contributed by atoms with Crippen LogP contribution in [-0.2, 0) is 4.79 Å². The first-order valence-corrected chi connectivity index (χ1v) is 7.44. The Labute approximate surface area is 132 Å². The number of amides is 2. The second kappa shape index (κ2) is 7.53. The van der Waals surface area contributed by atoms with Gasteiger partial charge in [0, 0.05) is 18.8 Å². The van der Waals surface area contributed by atoms with Crippen molar-refractivity contribution >= 4 is 23.6 Å². The molecule has 0 aromatic carbocycles. The average Bonchev–Trinajstić information content (AvgIpc) is 2.35. The van der Waals surface area contributed by atoms with Gasteiger partial charge in [-0.1, -0.05) is 0 Å². The van der Waals surface area contributed by atoms with E-state index in [-0.39, 0.29) is 34.8 Å². The van der Waals surface area contributed by atoms with Gasteiger partial charge in [0.1, 0.15) is 5.03 Å². The highest BCUT2D eigenvalue weighted by Gasteiger charge is 2.22. The molecule has 0 unspecified atom stereocenters. The summed E-state index contributed by atoms with van der Waals surface area (Å²) >= 11 is 0.207. The van der Waals surface area contributed by atoms with Gasteiger partial charge in [0.05, 0.1) is 12.1 Å². The molecule has 0 aliphatic carbocycles. The van der Waals surface area contributed by atoms with Gasteiger partial charge in [-0.05, 0) is 44.7 Å². The minimum Gasteiger partial charge on any atom is -0.350 e. The van der Waals surface area contributed by atoms with E-state index in [1.54, 1.807) is 0 Å². The Morgan fingerprint density at radius 1 is 1.41 bits per heavy atom. The molecule has 1 heterocycles. The van der Waals surface area contributed by atoms with Crippen molar-refractivity contribution < 1.29 is 18.4 Å². The normalized spacial score (nSPS) is 11.4. The van der Waals surface area contributed by atoms with Crippen LogP contribution >= 0.6 is 11.8 Å². The molecule has 1 rings (SSSR count). The van der Waals surface area contributed by atoms with Crippen LogP contribution in [0.15, 0.2) is 23.4 Å². The molecule has 122 valence electrons. The van der Waals surface area contributed by atoms with Gasteiger partial charge in [-0.3, -0.25) is 9.59 Å². The molecule has 2 amide bonds. The molecule has 22 heavy (non-hydrogen) atoms. The molecule has 5 nitrogen and oxygen atoms in total. The fourth-order valence-corrected chi connectivity index (χ4v) is 2.26. The molecular formula is C14H19F2N3O2S. The number of carbonyl (C=O) groups is 2. The molecule has 0 radical (unpaired) electrons. The molecule has 0 aliphatic rings. The number of alkyl halides is 2. The molecule has 1 aromatic rings. The summed E-state index contributed by atoms with van der Waals surface area (Å²) in [4.78, 5) is 29.1. The van der Waals surface area contributed by atoms with Crippen molar-refractivity contribution in [3.63, 3.8) is 0 Å². The Morgan fingerprint density at radius 2 is 2.05 bits per heavy atom. The fraction of sp³-hybridized carbons (Fsp3) is 0.500. The molecule has 0 saturated carbocycles. The first kappa shape index (κ1) is 18.3. The smallest absolute Gasteiger partial charge is 0.290 e. The standard InChI is InChI=1S/C14H19F2N3O2S/c1-14(2,3)18-10(20)8-19(4)12(21)9-6-5-7-17-11(9)22-13(15)16/h5-7,13H,8H2,1-4H3,(H,18,20). The van der Waals surface area contributed by atoms with Gasteiger partial charge in [-0.15, -0.1) is 0 Å². The van der Waals surface area contributed by atoms with Crippen LogP contribution in [0.2, 0.25) is 0 Å². The molecule has 0 fully saturated rings. The van der Waals surface area contributed by atoms with Gasteiger partial charge in [0.25, 0.3) is 11.7 Å². The maximum atomic E-state index is 12.5. The maximum Gasteiger partial charge on any atom is 0.290 e. The second-order valence-corrected chi connectivity index (χ2v) is 6.67. The Morgan fingerprint density at radius 3 is 2.59 bits per heavy atom. The van der Waals surface area contributed by atoms with Gasteiger partial charge >= 0.3 is 0 Å². The molecule has 0 atom stereocenters. The first-order chi connectivity index (χ1) is 10.1. The molecular weight excluding hydrogens is 312 g/mol. The van der Waals surface area contributed by atoms with E-state index in [1.165, 1.54) is 30.3 Å². The molecule has 0 saturated heterocycles. The van der Waals surface area contributed by atoms with E-state index in [1.807, 2.05) is 20.8 Å². The number of thioether (sulfide) groups is 1. The van der Waals surface area contributed by atoms with E-state index in [0.29, 0.717) is 0 Å². The van der Waals surface area contributed by atoms with Crippen molar-refractivity contribution in [2.45, 2.75) is 37.1 Å². The highest BCUT2D eigenvalue weighted by molar-refractivity contribution is 7.99. The van der Waals surface area contributed by atoms with Crippen LogP contribution in [-0.4, -0.2) is 46.6 Å². The SMILES string of the molecule is CN(CC(=O)NC(C)(C)C)C(=O)c1cccnc1SC(F)F. The topological polar surface area (TPSA) is 62.3 Å². The van der Waals surface area contributed by atoms with Crippen LogP contribution in [0.1, 0.15) is 31.1 Å². The van der Waals surface area contributed by atoms with Crippen LogP contribution in [0.4, 0.5) is 8.78 Å². The molecule has 8 heteroatoms. The van der Waals surface area contributed by atoms with Crippen molar-refractivity contribution in [2.75, 3.05) is 13.6 Å². The number of hydrogen-bond acceptors (Lipinski definition) is 4. The summed E-state index contributed by atoms with van der Waals surface area (Å²) in [6, 6.07) is 2.91. The summed E-state index contributed by atoms with van der Waals surface area (Å²) in [5, 5.41) is 2.68. The van der Waals surface area contributed by atoms with Crippen molar-refractivity contribution in [3.8, 4) is 0 Å². The lowest BCUT2D eigenvalue weighted by atomic mass is 10.1. The molecule has 1 aromatic heterocycles. The van der Waals surface area contributed by atoms with Crippen LogP contribution in [0.25, 0.3) is 0 Å². The van der Waals surface area contributed by atoms with Gasteiger partial charge in [0.15, 0.2) is 0 Å². The molecule has 0 bridgehead atoms. The van der Waals surface area contributed by atoms with Crippen molar-refractivity contribution in [1.29, 1.82) is 0 Å². The average molecular weight is 331 g/mol. The number of hydrogen-bond donors (Lipinski definition) is 1. The van der Waals surface area contributed by atoms with E-state index < -0.39 is 17.2 Å². The van der Waals surface area contributed by atoms with Crippen LogP contribution in [0.5, 0.6) is 0 Å². The number of likely N-dealkylation sites (N-methyl/N-ethyl adjacent to an activating group) is 1. The number of pyridine rings is 1.